The summed E-state index contributed by atoms with van der Waals surface area (Å²) in [6.07, 6.45) is 4.20. The van der Waals surface area contributed by atoms with Gasteiger partial charge in [-0.25, -0.2) is 0 Å². The molecule has 1 N–H and O–H groups in total. The van der Waals surface area contributed by atoms with Crippen molar-refractivity contribution in [2.45, 2.75) is 25.9 Å². The predicted molar refractivity (Wildman–Crippen MR) is 121 cm³/mol. The Labute approximate surface area is 186 Å². The van der Waals surface area contributed by atoms with Crippen LogP contribution in [0.25, 0.3) is 5.76 Å². The van der Waals surface area contributed by atoms with Crippen LogP contribution in [0.4, 0.5) is 0 Å². The van der Waals surface area contributed by atoms with Crippen LogP contribution in [0.3, 0.4) is 0 Å². The van der Waals surface area contributed by atoms with Gasteiger partial charge in [-0.2, -0.15) is 0 Å². The summed E-state index contributed by atoms with van der Waals surface area (Å²) < 4.78 is 5.59. The number of Topliss-reactive ketones (excluding diaryl/α,β-unsaturated/α-hetero) is 1. The average Bonchev–Trinajstić information content (AvgIpc) is 3.09. The third-order valence-corrected chi connectivity index (χ3v) is 5.33. The topological polar surface area (TPSA) is 79.7 Å². The van der Waals surface area contributed by atoms with Crippen molar-refractivity contribution in [3.63, 3.8) is 0 Å². The van der Waals surface area contributed by atoms with Crippen molar-refractivity contribution in [2.24, 2.45) is 0 Å². The second kappa shape index (κ2) is 9.47. The van der Waals surface area contributed by atoms with Crippen molar-refractivity contribution in [3.8, 4) is 5.75 Å². The average molecular weight is 428 g/mol. The van der Waals surface area contributed by atoms with Gasteiger partial charge in [0.05, 0.1) is 18.2 Å². The lowest BCUT2D eigenvalue weighted by Gasteiger charge is -2.25. The molecule has 3 aromatic rings. The standard InChI is InChI=1S/C26H24N2O4/c1-2-15-32-21-12-10-20(11-13-21)24(29)22-23(19-8-4-3-5-9-19)28(26(31)25(22)30)17-18-7-6-14-27-16-18/h3-14,16,23,29H,2,15,17H2,1H3/b24-22+/t23-/m0/s1. The fourth-order valence-electron chi connectivity index (χ4n) is 3.80. The van der Waals surface area contributed by atoms with Gasteiger partial charge in [0.15, 0.2) is 0 Å². The smallest absolute Gasteiger partial charge is 0.295 e. The van der Waals surface area contributed by atoms with Crippen molar-refractivity contribution < 1.29 is 19.4 Å². The van der Waals surface area contributed by atoms with E-state index in [4.69, 9.17) is 4.74 Å². The number of aliphatic hydroxyl groups excluding tert-OH is 1. The van der Waals surface area contributed by atoms with Crippen LogP contribution < -0.4 is 4.74 Å². The number of aromatic nitrogens is 1. The number of rotatable bonds is 7. The maximum atomic E-state index is 13.1. The molecule has 6 heteroatoms. The molecule has 1 fully saturated rings. The minimum Gasteiger partial charge on any atom is -0.507 e. The summed E-state index contributed by atoms with van der Waals surface area (Å²) in [5.41, 5.74) is 2.08. The van der Waals surface area contributed by atoms with Crippen LogP contribution in [0.5, 0.6) is 5.75 Å². The van der Waals surface area contributed by atoms with E-state index in [2.05, 4.69) is 4.98 Å². The van der Waals surface area contributed by atoms with Gasteiger partial charge < -0.3 is 14.7 Å². The highest BCUT2D eigenvalue weighted by molar-refractivity contribution is 6.46. The molecule has 1 aliphatic rings. The molecule has 0 radical (unpaired) electrons. The first kappa shape index (κ1) is 21.3. The lowest BCUT2D eigenvalue weighted by Crippen LogP contribution is -2.29. The number of ether oxygens (including phenoxy) is 1. The molecule has 4 rings (SSSR count). The molecule has 0 saturated carbocycles. The molecule has 1 amide bonds. The minimum atomic E-state index is -0.702. The molecular weight excluding hydrogens is 404 g/mol. The Hall–Kier alpha value is -3.93. The molecule has 2 aromatic carbocycles. The highest BCUT2D eigenvalue weighted by atomic mass is 16.5. The van der Waals surface area contributed by atoms with Gasteiger partial charge in [0.1, 0.15) is 11.5 Å². The zero-order chi connectivity index (χ0) is 22.5. The first-order chi connectivity index (χ1) is 15.6. The maximum Gasteiger partial charge on any atom is 0.295 e. The van der Waals surface area contributed by atoms with E-state index < -0.39 is 17.7 Å². The van der Waals surface area contributed by atoms with Gasteiger partial charge in [-0.1, -0.05) is 43.3 Å². The van der Waals surface area contributed by atoms with Crippen LogP contribution in [-0.2, 0) is 16.1 Å². The summed E-state index contributed by atoms with van der Waals surface area (Å²) in [7, 11) is 0. The van der Waals surface area contributed by atoms with E-state index in [-0.39, 0.29) is 17.9 Å². The van der Waals surface area contributed by atoms with Crippen LogP contribution in [0.1, 0.15) is 36.1 Å². The van der Waals surface area contributed by atoms with Crippen LogP contribution in [0, 0.1) is 0 Å². The number of carbonyl (C=O) groups excluding carboxylic acids is 2. The third-order valence-electron chi connectivity index (χ3n) is 5.33. The number of benzene rings is 2. The number of nitrogens with zero attached hydrogens (tertiary/aromatic N) is 2. The summed E-state index contributed by atoms with van der Waals surface area (Å²) in [6.45, 7) is 2.83. The van der Waals surface area contributed by atoms with Crippen LogP contribution in [0.2, 0.25) is 0 Å². The minimum absolute atomic E-state index is 0.0762. The zero-order valence-corrected chi connectivity index (χ0v) is 17.8. The van der Waals surface area contributed by atoms with Gasteiger partial charge in [-0.3, -0.25) is 14.6 Å². The number of aliphatic hydroxyl groups is 1. The van der Waals surface area contributed by atoms with Crippen molar-refractivity contribution in [1.29, 1.82) is 0 Å². The Morgan fingerprint density at radius 2 is 1.78 bits per heavy atom. The third kappa shape index (κ3) is 4.25. The molecule has 0 bridgehead atoms. The Morgan fingerprint density at radius 1 is 1.03 bits per heavy atom. The van der Waals surface area contributed by atoms with E-state index in [1.807, 2.05) is 43.3 Å². The lowest BCUT2D eigenvalue weighted by molar-refractivity contribution is -0.140. The largest absolute Gasteiger partial charge is 0.507 e. The van der Waals surface area contributed by atoms with Gasteiger partial charge in [-0.15, -0.1) is 0 Å². The Kier molecular flexibility index (Phi) is 6.31. The van der Waals surface area contributed by atoms with Crippen LogP contribution in [-0.4, -0.2) is 33.3 Å². The molecule has 162 valence electrons. The lowest BCUT2D eigenvalue weighted by atomic mass is 9.95. The molecular formula is C26H24N2O4. The normalized spacial score (nSPS) is 17.5. The van der Waals surface area contributed by atoms with Gasteiger partial charge in [0.25, 0.3) is 11.7 Å². The summed E-state index contributed by atoms with van der Waals surface area (Å²) in [4.78, 5) is 31.7. The number of hydrogen-bond donors (Lipinski definition) is 1. The number of likely N-dealkylation sites (tertiary alicyclic amines) is 1. The molecule has 0 aliphatic carbocycles. The highest BCUT2D eigenvalue weighted by Gasteiger charge is 2.46. The second-order valence-corrected chi connectivity index (χ2v) is 7.57. The van der Waals surface area contributed by atoms with Gasteiger partial charge in [0.2, 0.25) is 0 Å². The number of ketones is 1. The van der Waals surface area contributed by atoms with E-state index in [1.165, 1.54) is 4.90 Å². The van der Waals surface area contributed by atoms with E-state index >= 15 is 0 Å². The van der Waals surface area contributed by atoms with Crippen molar-refractivity contribution in [3.05, 3.63) is 101 Å². The van der Waals surface area contributed by atoms with Crippen molar-refractivity contribution in [1.82, 2.24) is 9.88 Å². The van der Waals surface area contributed by atoms with E-state index in [1.54, 1.807) is 42.7 Å². The number of amides is 1. The van der Waals surface area contributed by atoms with Gasteiger partial charge >= 0.3 is 0 Å². The van der Waals surface area contributed by atoms with Crippen molar-refractivity contribution >= 4 is 17.4 Å². The molecule has 1 atom stereocenters. The predicted octanol–water partition coefficient (Wildman–Crippen LogP) is 4.49. The van der Waals surface area contributed by atoms with Gasteiger partial charge in [-0.05, 0) is 47.9 Å². The molecule has 2 heterocycles. The number of carbonyl (C=O) groups is 2. The molecule has 0 unspecified atom stereocenters. The van der Waals surface area contributed by atoms with Crippen molar-refractivity contribution in [2.75, 3.05) is 6.61 Å². The second-order valence-electron chi connectivity index (χ2n) is 7.57. The summed E-state index contributed by atoms with van der Waals surface area (Å²) in [5, 5.41) is 11.1. The first-order valence-corrected chi connectivity index (χ1v) is 10.6. The monoisotopic (exact) mass is 428 g/mol. The zero-order valence-electron chi connectivity index (χ0n) is 17.8. The Morgan fingerprint density at radius 3 is 2.44 bits per heavy atom. The molecule has 6 nitrogen and oxygen atoms in total. The van der Waals surface area contributed by atoms with Gasteiger partial charge in [0, 0.05) is 24.5 Å². The Bertz CT molecular complexity index is 1130. The summed E-state index contributed by atoms with van der Waals surface area (Å²) >= 11 is 0. The molecule has 1 aromatic heterocycles. The first-order valence-electron chi connectivity index (χ1n) is 10.6. The molecule has 1 saturated heterocycles. The van der Waals surface area contributed by atoms with E-state index in [0.717, 1.165) is 17.5 Å². The fraction of sp³-hybridized carbons (Fsp3) is 0.192. The van der Waals surface area contributed by atoms with E-state index in [0.29, 0.717) is 17.9 Å². The fourth-order valence-corrected chi connectivity index (χ4v) is 3.80. The highest BCUT2D eigenvalue weighted by Crippen LogP contribution is 2.40. The van der Waals surface area contributed by atoms with Crippen LogP contribution >= 0.6 is 0 Å². The number of hydrogen-bond acceptors (Lipinski definition) is 5. The van der Waals surface area contributed by atoms with E-state index in [9.17, 15) is 14.7 Å². The summed E-state index contributed by atoms with van der Waals surface area (Å²) in [5.74, 6) is -0.869. The Balaban J connectivity index is 1.76. The summed E-state index contributed by atoms with van der Waals surface area (Å²) in [6, 6.07) is 19.1. The maximum absolute atomic E-state index is 13.1. The quantitative estimate of drug-likeness (QED) is 0.341. The number of pyridine rings is 1. The molecule has 1 aliphatic heterocycles. The molecule has 32 heavy (non-hydrogen) atoms. The van der Waals surface area contributed by atoms with Crippen LogP contribution in [0.15, 0.2) is 84.7 Å². The molecule has 0 spiro atoms. The SMILES string of the molecule is CCCOc1ccc(/C(O)=C2\C(=O)C(=O)N(Cc3cccnc3)[C@H]2c2ccccc2)cc1.